The highest BCUT2D eigenvalue weighted by molar-refractivity contribution is 7.98. The summed E-state index contributed by atoms with van der Waals surface area (Å²) in [6.07, 6.45) is 2.71. The monoisotopic (exact) mass is 300 g/mol. The average Bonchev–Trinajstić information content (AvgIpc) is 2.38. The van der Waals surface area contributed by atoms with E-state index in [1.54, 1.807) is 11.8 Å². The number of amides is 1. The number of hydrogen-bond acceptors (Lipinski definition) is 4. The summed E-state index contributed by atoms with van der Waals surface area (Å²) in [6.45, 7) is 3.21. The lowest BCUT2D eigenvalue weighted by Crippen LogP contribution is -2.33. The number of nitro benzene ring substituents is 1. The second-order valence-electron chi connectivity index (χ2n) is 4.54. The van der Waals surface area contributed by atoms with Crippen molar-refractivity contribution in [1.82, 2.24) is 5.32 Å². The molecule has 5 nitrogen and oxygen atoms in total. The van der Waals surface area contributed by atoms with Crippen molar-refractivity contribution < 1.29 is 14.1 Å². The molecule has 0 aliphatic carbocycles. The number of hydrogen-bond donors (Lipinski definition) is 1. The van der Waals surface area contributed by atoms with Crippen LogP contribution < -0.4 is 5.32 Å². The zero-order chi connectivity index (χ0) is 15.3. The van der Waals surface area contributed by atoms with Gasteiger partial charge in [0.2, 0.25) is 0 Å². The van der Waals surface area contributed by atoms with Gasteiger partial charge in [-0.1, -0.05) is 0 Å². The summed E-state index contributed by atoms with van der Waals surface area (Å²) >= 11 is 1.65. The molecule has 1 amide bonds. The largest absolute Gasteiger partial charge is 0.349 e. The fraction of sp³-hybridized carbons (Fsp3) is 0.462. The molecule has 1 rings (SSSR count). The molecule has 0 saturated heterocycles. The number of aryl methyl sites for hydroxylation is 1. The van der Waals surface area contributed by atoms with Crippen molar-refractivity contribution in [2.24, 2.45) is 0 Å². The van der Waals surface area contributed by atoms with Gasteiger partial charge in [0.1, 0.15) is 5.82 Å². The molecule has 0 aliphatic heterocycles. The van der Waals surface area contributed by atoms with Crippen molar-refractivity contribution in [3.05, 3.63) is 39.2 Å². The summed E-state index contributed by atoms with van der Waals surface area (Å²) in [5, 5.41) is 13.4. The number of nitrogens with zero attached hydrogens (tertiary/aromatic N) is 1. The van der Waals surface area contributed by atoms with Gasteiger partial charge < -0.3 is 5.32 Å². The molecule has 7 heteroatoms. The Morgan fingerprint density at radius 3 is 2.75 bits per heavy atom. The molecule has 0 radical (unpaired) electrons. The smallest absolute Gasteiger partial charge is 0.270 e. The minimum absolute atomic E-state index is 0.0844. The molecule has 0 spiro atoms. The third-order valence-electron chi connectivity index (χ3n) is 2.83. The Balaban J connectivity index is 2.94. The van der Waals surface area contributed by atoms with Crippen LogP contribution in [-0.4, -0.2) is 28.9 Å². The van der Waals surface area contributed by atoms with Crippen LogP contribution in [0.4, 0.5) is 10.1 Å². The number of non-ortho nitro benzene ring substituents is 1. The van der Waals surface area contributed by atoms with Gasteiger partial charge >= 0.3 is 0 Å². The normalized spacial score (nSPS) is 12.0. The lowest BCUT2D eigenvalue weighted by atomic mass is 10.1. The molecular formula is C13H17FN2O3S. The number of rotatable bonds is 6. The molecule has 0 saturated carbocycles. The van der Waals surface area contributed by atoms with Crippen LogP contribution in [0.1, 0.15) is 29.3 Å². The summed E-state index contributed by atoms with van der Waals surface area (Å²) in [7, 11) is 0. The number of nitro groups is 1. The van der Waals surface area contributed by atoms with E-state index >= 15 is 0 Å². The van der Waals surface area contributed by atoms with Crippen molar-refractivity contribution >= 4 is 23.4 Å². The zero-order valence-corrected chi connectivity index (χ0v) is 12.4. The second-order valence-corrected chi connectivity index (χ2v) is 5.52. The number of benzene rings is 1. The van der Waals surface area contributed by atoms with Crippen LogP contribution in [0.25, 0.3) is 0 Å². The van der Waals surface area contributed by atoms with E-state index in [1.807, 2.05) is 13.2 Å². The van der Waals surface area contributed by atoms with Gasteiger partial charge in [-0.2, -0.15) is 11.8 Å². The van der Waals surface area contributed by atoms with Gasteiger partial charge in [-0.05, 0) is 37.8 Å². The molecule has 0 aromatic heterocycles. The van der Waals surface area contributed by atoms with Crippen molar-refractivity contribution in [3.8, 4) is 0 Å². The van der Waals surface area contributed by atoms with Crippen LogP contribution in [0.3, 0.4) is 0 Å². The van der Waals surface area contributed by atoms with Crippen LogP contribution in [-0.2, 0) is 0 Å². The Labute approximate surface area is 121 Å². The van der Waals surface area contributed by atoms with Crippen LogP contribution in [0.15, 0.2) is 12.1 Å². The Morgan fingerprint density at radius 1 is 1.55 bits per heavy atom. The molecule has 1 aromatic rings. The standard InChI is InChI=1S/C13H17FN2O3S/c1-8-6-10(16(18)19)7-11(12(8)14)13(17)15-9(2)4-5-20-3/h6-7,9H,4-5H2,1-3H3,(H,15,17). The summed E-state index contributed by atoms with van der Waals surface area (Å²) in [6, 6.07) is 1.97. The number of nitrogens with one attached hydrogen (secondary N) is 1. The molecule has 0 aliphatic rings. The molecule has 0 heterocycles. The van der Waals surface area contributed by atoms with Crippen molar-refractivity contribution in [3.63, 3.8) is 0 Å². The Hall–Kier alpha value is -1.63. The fourth-order valence-corrected chi connectivity index (χ4v) is 2.28. The second kappa shape index (κ2) is 7.23. The predicted octanol–water partition coefficient (Wildman–Crippen LogP) is 2.91. The lowest BCUT2D eigenvalue weighted by Gasteiger charge is -2.14. The van der Waals surface area contributed by atoms with Crippen molar-refractivity contribution in [2.45, 2.75) is 26.3 Å². The first-order valence-electron chi connectivity index (χ1n) is 6.11. The van der Waals surface area contributed by atoms with E-state index in [1.165, 1.54) is 6.92 Å². The van der Waals surface area contributed by atoms with E-state index in [0.29, 0.717) is 0 Å². The van der Waals surface area contributed by atoms with E-state index in [9.17, 15) is 19.3 Å². The highest BCUT2D eigenvalue weighted by Gasteiger charge is 2.20. The number of halogens is 1. The van der Waals surface area contributed by atoms with Crippen molar-refractivity contribution in [2.75, 3.05) is 12.0 Å². The number of carbonyl (C=O) groups is 1. The van der Waals surface area contributed by atoms with Crippen LogP contribution in [0.2, 0.25) is 0 Å². The van der Waals surface area contributed by atoms with Crippen molar-refractivity contribution in [1.29, 1.82) is 0 Å². The highest BCUT2D eigenvalue weighted by Crippen LogP contribution is 2.21. The molecule has 1 unspecified atom stereocenters. The van der Waals surface area contributed by atoms with Gasteiger partial charge in [0.15, 0.2) is 0 Å². The van der Waals surface area contributed by atoms with Gasteiger partial charge in [0, 0.05) is 18.2 Å². The summed E-state index contributed by atoms with van der Waals surface area (Å²) < 4.78 is 13.9. The van der Waals surface area contributed by atoms with E-state index in [0.717, 1.165) is 24.3 Å². The SMILES string of the molecule is CSCCC(C)NC(=O)c1cc([N+](=O)[O-])cc(C)c1F. The first-order valence-corrected chi connectivity index (χ1v) is 7.50. The minimum Gasteiger partial charge on any atom is -0.349 e. The topological polar surface area (TPSA) is 72.2 Å². The molecule has 0 fully saturated rings. The molecule has 20 heavy (non-hydrogen) atoms. The Kier molecular flexibility index (Phi) is 5.94. The highest BCUT2D eigenvalue weighted by atomic mass is 32.2. The molecule has 0 bridgehead atoms. The minimum atomic E-state index is -0.717. The van der Waals surface area contributed by atoms with Gasteiger partial charge in [0.05, 0.1) is 10.5 Å². The van der Waals surface area contributed by atoms with Gasteiger partial charge in [-0.3, -0.25) is 14.9 Å². The van der Waals surface area contributed by atoms with E-state index in [-0.39, 0.29) is 22.9 Å². The Bertz CT molecular complexity index is 523. The average molecular weight is 300 g/mol. The summed E-state index contributed by atoms with van der Waals surface area (Å²) in [5.41, 5.74) is -0.486. The van der Waals surface area contributed by atoms with Gasteiger partial charge in [-0.15, -0.1) is 0 Å². The zero-order valence-electron chi connectivity index (χ0n) is 11.6. The molecule has 110 valence electrons. The van der Waals surface area contributed by atoms with Gasteiger partial charge in [-0.25, -0.2) is 4.39 Å². The maximum absolute atomic E-state index is 13.9. The van der Waals surface area contributed by atoms with E-state index in [4.69, 9.17) is 0 Å². The van der Waals surface area contributed by atoms with E-state index < -0.39 is 16.6 Å². The maximum atomic E-state index is 13.9. The first-order chi connectivity index (χ1) is 9.36. The number of thioether (sulfide) groups is 1. The third-order valence-corrected chi connectivity index (χ3v) is 3.47. The quantitative estimate of drug-likeness (QED) is 0.647. The van der Waals surface area contributed by atoms with E-state index in [2.05, 4.69) is 5.32 Å². The fourth-order valence-electron chi connectivity index (χ4n) is 1.69. The third kappa shape index (κ3) is 4.19. The maximum Gasteiger partial charge on any atom is 0.270 e. The summed E-state index contributed by atoms with van der Waals surface area (Å²) in [5.74, 6) is -0.467. The van der Waals surface area contributed by atoms with Gasteiger partial charge in [0.25, 0.3) is 11.6 Å². The predicted molar refractivity (Wildman–Crippen MR) is 77.7 cm³/mol. The molecule has 1 atom stereocenters. The molecule has 1 aromatic carbocycles. The van der Waals surface area contributed by atoms with Crippen LogP contribution in [0.5, 0.6) is 0 Å². The molecule has 1 N–H and O–H groups in total. The number of carbonyl (C=O) groups excluding carboxylic acids is 1. The van der Waals surface area contributed by atoms with Crippen LogP contribution >= 0.6 is 11.8 Å². The molecular weight excluding hydrogens is 283 g/mol. The lowest BCUT2D eigenvalue weighted by molar-refractivity contribution is -0.385. The first kappa shape index (κ1) is 16.4. The van der Waals surface area contributed by atoms with Crippen LogP contribution in [0, 0.1) is 22.9 Å². The Morgan fingerprint density at radius 2 is 2.20 bits per heavy atom. The summed E-state index contributed by atoms with van der Waals surface area (Å²) in [4.78, 5) is 22.1.